The van der Waals surface area contributed by atoms with Crippen LogP contribution in [0.5, 0.6) is 11.5 Å². The fraction of sp³-hybridized carbons (Fsp3) is 0.316. The highest BCUT2D eigenvalue weighted by Crippen LogP contribution is 2.37. The van der Waals surface area contributed by atoms with Crippen LogP contribution in [0, 0.1) is 0 Å². The lowest BCUT2D eigenvalue weighted by Crippen LogP contribution is -2.44. The Labute approximate surface area is 147 Å². The Hall–Kier alpha value is -2.73. The van der Waals surface area contributed by atoms with Crippen LogP contribution < -0.4 is 10.1 Å². The van der Waals surface area contributed by atoms with Crippen LogP contribution >= 0.6 is 0 Å². The normalized spacial score (nSPS) is 16.3. The van der Waals surface area contributed by atoms with Crippen molar-refractivity contribution in [2.45, 2.75) is 13.1 Å². The number of nitrogens with one attached hydrogen (secondary N) is 1. The maximum Gasteiger partial charge on any atom is 0.257 e. The van der Waals surface area contributed by atoms with Crippen molar-refractivity contribution < 1.29 is 19.4 Å². The first kappa shape index (κ1) is 17.1. The number of aromatic hydroxyl groups is 1. The highest BCUT2D eigenvalue weighted by molar-refractivity contribution is 6.01. The van der Waals surface area contributed by atoms with Crippen LogP contribution in [0.3, 0.4) is 0 Å². The van der Waals surface area contributed by atoms with Crippen molar-refractivity contribution in [1.29, 1.82) is 0 Å². The molecule has 2 aromatic carbocycles. The number of para-hydroxylation sites is 1. The van der Waals surface area contributed by atoms with E-state index in [4.69, 9.17) is 9.47 Å². The molecule has 1 unspecified atom stereocenters. The smallest absolute Gasteiger partial charge is 0.257 e. The Balaban J connectivity index is 2.03. The standard InChI is InChI=1S/C19H22N2O4/c1-3-25-13-8-9-17(22)15(12-13)18-20-16-7-5-4-6-14(16)19(23)21(18)10-11-24-2/h4-9,12,18,20,22H,3,10-11H2,1-2H3. The van der Waals surface area contributed by atoms with Crippen molar-refractivity contribution in [1.82, 2.24) is 4.90 Å². The predicted octanol–water partition coefficient (Wildman–Crippen LogP) is 3.00. The van der Waals surface area contributed by atoms with Gasteiger partial charge in [0.2, 0.25) is 0 Å². The van der Waals surface area contributed by atoms with E-state index in [1.54, 1.807) is 36.3 Å². The molecule has 1 aliphatic heterocycles. The van der Waals surface area contributed by atoms with E-state index in [0.717, 1.165) is 5.69 Å². The lowest BCUT2D eigenvalue weighted by Gasteiger charge is -2.38. The van der Waals surface area contributed by atoms with Crippen molar-refractivity contribution in [2.75, 3.05) is 32.2 Å². The van der Waals surface area contributed by atoms with Gasteiger partial charge in [-0.2, -0.15) is 0 Å². The summed E-state index contributed by atoms with van der Waals surface area (Å²) in [5.74, 6) is 0.656. The molecular weight excluding hydrogens is 320 g/mol. The molecule has 0 spiro atoms. The maximum atomic E-state index is 12.9. The van der Waals surface area contributed by atoms with Gasteiger partial charge in [-0.15, -0.1) is 0 Å². The number of phenolic OH excluding ortho intramolecular Hbond substituents is 1. The molecule has 0 saturated carbocycles. The van der Waals surface area contributed by atoms with E-state index in [0.29, 0.717) is 36.6 Å². The summed E-state index contributed by atoms with van der Waals surface area (Å²) in [6.07, 6.45) is -0.502. The zero-order valence-corrected chi connectivity index (χ0v) is 14.4. The van der Waals surface area contributed by atoms with Gasteiger partial charge in [0.25, 0.3) is 5.91 Å². The van der Waals surface area contributed by atoms with E-state index in [9.17, 15) is 9.90 Å². The van der Waals surface area contributed by atoms with Crippen molar-refractivity contribution >= 4 is 11.6 Å². The molecule has 1 aliphatic rings. The lowest BCUT2D eigenvalue weighted by molar-refractivity contribution is 0.0607. The van der Waals surface area contributed by atoms with Crippen LogP contribution in [0.1, 0.15) is 29.0 Å². The summed E-state index contributed by atoms with van der Waals surface area (Å²) in [6, 6.07) is 12.4. The number of hydrogen-bond donors (Lipinski definition) is 2. The summed E-state index contributed by atoms with van der Waals surface area (Å²) >= 11 is 0. The molecular formula is C19H22N2O4. The molecule has 0 fully saturated rings. The molecule has 0 saturated heterocycles. The number of amides is 1. The Kier molecular flexibility index (Phi) is 5.09. The quantitative estimate of drug-likeness (QED) is 0.844. The molecule has 0 aromatic heterocycles. The molecule has 1 atom stereocenters. The highest BCUT2D eigenvalue weighted by Gasteiger charge is 2.34. The third-order valence-corrected chi connectivity index (χ3v) is 4.16. The summed E-state index contributed by atoms with van der Waals surface area (Å²) in [7, 11) is 1.60. The Morgan fingerprint density at radius 2 is 2.04 bits per heavy atom. The minimum absolute atomic E-state index is 0.0994. The number of nitrogens with zero attached hydrogens (tertiary/aromatic N) is 1. The molecule has 0 bridgehead atoms. The van der Waals surface area contributed by atoms with Gasteiger partial charge in [-0.3, -0.25) is 4.79 Å². The Morgan fingerprint density at radius 3 is 2.80 bits per heavy atom. The average molecular weight is 342 g/mol. The van der Waals surface area contributed by atoms with Crippen LogP contribution in [-0.4, -0.2) is 42.8 Å². The number of carbonyl (C=O) groups excluding carboxylic acids is 1. The molecule has 0 radical (unpaired) electrons. The summed E-state index contributed by atoms with van der Waals surface area (Å²) < 4.78 is 10.7. The number of hydrogen-bond acceptors (Lipinski definition) is 5. The lowest BCUT2D eigenvalue weighted by atomic mass is 10.0. The minimum atomic E-state index is -0.502. The van der Waals surface area contributed by atoms with Gasteiger partial charge in [-0.1, -0.05) is 12.1 Å². The molecule has 6 heteroatoms. The molecule has 3 rings (SSSR count). The van der Waals surface area contributed by atoms with Crippen molar-refractivity contribution in [3.05, 3.63) is 53.6 Å². The third-order valence-electron chi connectivity index (χ3n) is 4.16. The number of anilines is 1. The number of ether oxygens (including phenoxy) is 2. The Morgan fingerprint density at radius 1 is 1.24 bits per heavy atom. The number of fused-ring (bicyclic) bond motifs is 1. The van der Waals surface area contributed by atoms with Gasteiger partial charge in [0, 0.05) is 24.9 Å². The maximum absolute atomic E-state index is 12.9. The second-order valence-corrected chi connectivity index (χ2v) is 5.74. The van der Waals surface area contributed by atoms with E-state index in [1.807, 2.05) is 25.1 Å². The zero-order valence-electron chi connectivity index (χ0n) is 14.4. The third kappa shape index (κ3) is 3.39. The minimum Gasteiger partial charge on any atom is -0.508 e. The molecule has 0 aliphatic carbocycles. The van der Waals surface area contributed by atoms with E-state index in [1.165, 1.54) is 0 Å². The van der Waals surface area contributed by atoms with Crippen molar-refractivity contribution in [3.8, 4) is 11.5 Å². The Bertz CT molecular complexity index is 763. The average Bonchev–Trinajstić information content (AvgIpc) is 2.63. The summed E-state index contributed by atoms with van der Waals surface area (Å²) in [5, 5.41) is 13.7. The fourth-order valence-corrected chi connectivity index (χ4v) is 2.97. The SMILES string of the molecule is CCOc1ccc(O)c(C2Nc3ccccc3C(=O)N2CCOC)c1. The molecule has 2 aromatic rings. The summed E-state index contributed by atoms with van der Waals surface area (Å²) in [6.45, 7) is 3.23. The number of phenols is 1. The van der Waals surface area contributed by atoms with Gasteiger partial charge in [0.15, 0.2) is 0 Å². The topological polar surface area (TPSA) is 71.0 Å². The van der Waals surface area contributed by atoms with Crippen molar-refractivity contribution in [2.24, 2.45) is 0 Å². The van der Waals surface area contributed by atoms with Gasteiger partial charge in [-0.05, 0) is 37.3 Å². The molecule has 25 heavy (non-hydrogen) atoms. The van der Waals surface area contributed by atoms with E-state index >= 15 is 0 Å². The van der Waals surface area contributed by atoms with Crippen LogP contribution in [0.2, 0.25) is 0 Å². The van der Waals surface area contributed by atoms with Crippen LogP contribution in [0.25, 0.3) is 0 Å². The molecule has 1 amide bonds. The monoisotopic (exact) mass is 342 g/mol. The summed E-state index contributed by atoms with van der Waals surface area (Å²) in [5.41, 5.74) is 1.94. The molecule has 2 N–H and O–H groups in total. The first-order valence-electron chi connectivity index (χ1n) is 8.27. The molecule has 132 valence electrons. The highest BCUT2D eigenvalue weighted by atomic mass is 16.5. The van der Waals surface area contributed by atoms with Gasteiger partial charge < -0.3 is 24.8 Å². The first-order valence-corrected chi connectivity index (χ1v) is 8.27. The van der Waals surface area contributed by atoms with Crippen molar-refractivity contribution in [3.63, 3.8) is 0 Å². The summed E-state index contributed by atoms with van der Waals surface area (Å²) in [4.78, 5) is 14.6. The second kappa shape index (κ2) is 7.44. The molecule has 6 nitrogen and oxygen atoms in total. The van der Waals surface area contributed by atoms with Crippen LogP contribution in [-0.2, 0) is 4.74 Å². The van der Waals surface area contributed by atoms with Gasteiger partial charge in [0.1, 0.15) is 17.7 Å². The van der Waals surface area contributed by atoms with E-state index in [-0.39, 0.29) is 11.7 Å². The number of carbonyl (C=O) groups is 1. The van der Waals surface area contributed by atoms with Gasteiger partial charge >= 0.3 is 0 Å². The van der Waals surface area contributed by atoms with E-state index in [2.05, 4.69) is 5.32 Å². The first-order chi connectivity index (χ1) is 12.2. The fourth-order valence-electron chi connectivity index (χ4n) is 2.97. The largest absolute Gasteiger partial charge is 0.508 e. The second-order valence-electron chi connectivity index (χ2n) is 5.74. The number of rotatable bonds is 6. The number of benzene rings is 2. The van der Waals surface area contributed by atoms with Crippen LogP contribution in [0.15, 0.2) is 42.5 Å². The van der Waals surface area contributed by atoms with E-state index < -0.39 is 6.17 Å². The molecule has 1 heterocycles. The number of methoxy groups -OCH3 is 1. The van der Waals surface area contributed by atoms with Crippen LogP contribution in [0.4, 0.5) is 5.69 Å². The zero-order chi connectivity index (χ0) is 17.8. The van der Waals surface area contributed by atoms with Gasteiger partial charge in [0.05, 0.1) is 18.8 Å². The predicted molar refractivity (Wildman–Crippen MR) is 95.0 cm³/mol. The van der Waals surface area contributed by atoms with Gasteiger partial charge in [-0.25, -0.2) is 0 Å².